The first-order chi connectivity index (χ1) is 8.29. The molecular weight excluding hydrogens is 212 g/mol. The first kappa shape index (κ1) is 11.2. The highest BCUT2D eigenvalue weighted by molar-refractivity contribution is 5.46. The first-order valence-corrected chi connectivity index (χ1v) is 5.56. The topological polar surface area (TPSA) is 67.6 Å². The molecule has 4 nitrogen and oxygen atoms in total. The largest absolute Gasteiger partial charge is 0.381 e. The van der Waals surface area contributed by atoms with Gasteiger partial charge in [-0.05, 0) is 18.4 Å². The highest BCUT2D eigenvalue weighted by atomic mass is 15.3. The highest BCUT2D eigenvalue weighted by Gasteiger charge is 2.03. The van der Waals surface area contributed by atoms with Crippen LogP contribution < -0.4 is 5.73 Å². The van der Waals surface area contributed by atoms with Gasteiger partial charge in [0.05, 0.1) is 0 Å². The van der Waals surface area contributed by atoms with Crippen LogP contribution in [0.1, 0.15) is 17.5 Å². The molecule has 0 amide bonds. The molecule has 2 aromatic rings. The third-order valence-electron chi connectivity index (χ3n) is 2.61. The van der Waals surface area contributed by atoms with E-state index in [9.17, 15) is 0 Å². The molecule has 1 aromatic carbocycles. The highest BCUT2D eigenvalue weighted by Crippen LogP contribution is 2.08. The van der Waals surface area contributed by atoms with Crippen LogP contribution in [0.4, 0.5) is 5.82 Å². The summed E-state index contributed by atoms with van der Waals surface area (Å²) in [5.74, 6) is 0.312. The molecular formula is C13H14N4. The molecule has 0 aliphatic carbocycles. The average Bonchev–Trinajstić information content (AvgIpc) is 2.71. The summed E-state index contributed by atoms with van der Waals surface area (Å²) in [6.07, 6.45) is 3.68. The van der Waals surface area contributed by atoms with Crippen molar-refractivity contribution in [3.05, 3.63) is 47.7 Å². The number of hydrogen-bond acceptors (Lipinski definition) is 3. The Morgan fingerprint density at radius 1 is 1.29 bits per heavy atom. The van der Waals surface area contributed by atoms with Crippen LogP contribution in [0.3, 0.4) is 0 Å². The van der Waals surface area contributed by atoms with E-state index in [1.165, 1.54) is 5.56 Å². The molecule has 2 rings (SSSR count). The second-order valence-electron chi connectivity index (χ2n) is 3.89. The third-order valence-corrected chi connectivity index (χ3v) is 2.61. The number of hydrogen-bond donors (Lipinski definition) is 1. The monoisotopic (exact) mass is 226 g/mol. The van der Waals surface area contributed by atoms with Gasteiger partial charge in [0.1, 0.15) is 11.6 Å². The summed E-state index contributed by atoms with van der Waals surface area (Å²) in [6.45, 7) is 0.779. The second kappa shape index (κ2) is 5.17. The molecule has 0 aliphatic heterocycles. The van der Waals surface area contributed by atoms with E-state index >= 15 is 0 Å². The fourth-order valence-electron chi connectivity index (χ4n) is 1.73. The van der Waals surface area contributed by atoms with E-state index in [1.807, 2.05) is 24.3 Å². The minimum Gasteiger partial charge on any atom is -0.381 e. The lowest BCUT2D eigenvalue weighted by atomic mass is 10.1. The Kier molecular flexibility index (Phi) is 3.41. The first-order valence-electron chi connectivity index (χ1n) is 5.56. The minimum atomic E-state index is 0.312. The van der Waals surface area contributed by atoms with Gasteiger partial charge in [-0.3, -0.25) is 4.68 Å². The Hall–Kier alpha value is -2.28. The summed E-state index contributed by atoms with van der Waals surface area (Å²) in [5, 5.41) is 12.8. The molecule has 1 heterocycles. The van der Waals surface area contributed by atoms with Gasteiger partial charge in [-0.2, -0.15) is 10.4 Å². The summed E-state index contributed by atoms with van der Waals surface area (Å²) in [7, 11) is 0. The molecule has 0 atom stereocenters. The Bertz CT molecular complexity index is 522. The van der Waals surface area contributed by atoms with Crippen LogP contribution >= 0.6 is 0 Å². The lowest BCUT2D eigenvalue weighted by molar-refractivity contribution is 0.580. The lowest BCUT2D eigenvalue weighted by Crippen LogP contribution is -2.01. The van der Waals surface area contributed by atoms with Crippen molar-refractivity contribution in [1.29, 1.82) is 5.26 Å². The maximum Gasteiger partial charge on any atom is 0.163 e. The Morgan fingerprint density at radius 2 is 2.06 bits per heavy atom. The van der Waals surface area contributed by atoms with Crippen molar-refractivity contribution < 1.29 is 0 Å². The van der Waals surface area contributed by atoms with Gasteiger partial charge >= 0.3 is 0 Å². The summed E-state index contributed by atoms with van der Waals surface area (Å²) in [4.78, 5) is 0. The van der Waals surface area contributed by atoms with Crippen molar-refractivity contribution in [2.24, 2.45) is 0 Å². The molecule has 0 aliphatic rings. The number of nitrogen functional groups attached to an aromatic ring is 1. The van der Waals surface area contributed by atoms with Crippen LogP contribution in [0.5, 0.6) is 0 Å². The number of nitrogens with zero attached hydrogens (tertiary/aromatic N) is 3. The number of rotatable bonds is 4. The molecule has 0 saturated carbocycles. The van der Waals surface area contributed by atoms with E-state index in [1.54, 1.807) is 10.9 Å². The standard InChI is InChI=1S/C13H14N4/c14-9-12-10-17(16-13(12)15)8-4-7-11-5-2-1-3-6-11/h1-3,5-6,10H,4,7-8H2,(H2,15,16). The zero-order valence-electron chi connectivity index (χ0n) is 9.50. The lowest BCUT2D eigenvalue weighted by Gasteiger charge is -2.01. The average molecular weight is 226 g/mol. The van der Waals surface area contributed by atoms with Gasteiger partial charge in [0, 0.05) is 12.7 Å². The SMILES string of the molecule is N#Cc1cn(CCCc2ccccc2)nc1N. The van der Waals surface area contributed by atoms with Crippen molar-refractivity contribution in [3.8, 4) is 6.07 Å². The van der Waals surface area contributed by atoms with Crippen molar-refractivity contribution >= 4 is 5.82 Å². The quantitative estimate of drug-likeness (QED) is 0.866. The fourth-order valence-corrected chi connectivity index (χ4v) is 1.73. The van der Waals surface area contributed by atoms with Gasteiger partial charge in [-0.1, -0.05) is 30.3 Å². The van der Waals surface area contributed by atoms with Gasteiger partial charge in [-0.15, -0.1) is 0 Å². The molecule has 17 heavy (non-hydrogen) atoms. The van der Waals surface area contributed by atoms with Crippen molar-refractivity contribution in [1.82, 2.24) is 9.78 Å². The van der Waals surface area contributed by atoms with Gasteiger partial charge in [0.25, 0.3) is 0 Å². The predicted octanol–water partition coefficient (Wildman–Crippen LogP) is 1.97. The van der Waals surface area contributed by atoms with E-state index in [0.29, 0.717) is 11.4 Å². The number of aromatic nitrogens is 2. The normalized spacial score (nSPS) is 10.1. The van der Waals surface area contributed by atoms with Crippen LogP contribution in [0.15, 0.2) is 36.5 Å². The molecule has 0 fully saturated rings. The van der Waals surface area contributed by atoms with Crippen LogP contribution in [-0.2, 0) is 13.0 Å². The van der Waals surface area contributed by atoms with Crippen molar-refractivity contribution in [2.45, 2.75) is 19.4 Å². The molecule has 86 valence electrons. The zero-order valence-corrected chi connectivity index (χ0v) is 9.50. The van der Waals surface area contributed by atoms with Gasteiger partial charge < -0.3 is 5.73 Å². The summed E-state index contributed by atoms with van der Waals surface area (Å²) < 4.78 is 1.73. The fraction of sp³-hybridized carbons (Fsp3) is 0.231. The Balaban J connectivity index is 1.88. The summed E-state index contributed by atoms with van der Waals surface area (Å²) in [5.41, 5.74) is 7.34. The number of benzene rings is 1. The van der Waals surface area contributed by atoms with Crippen LogP contribution in [0.25, 0.3) is 0 Å². The van der Waals surface area contributed by atoms with Gasteiger partial charge in [0.15, 0.2) is 5.82 Å². The van der Waals surface area contributed by atoms with Crippen LogP contribution in [0.2, 0.25) is 0 Å². The molecule has 4 heteroatoms. The minimum absolute atomic E-state index is 0.312. The maximum atomic E-state index is 8.75. The number of anilines is 1. The third kappa shape index (κ3) is 2.85. The van der Waals surface area contributed by atoms with E-state index in [2.05, 4.69) is 17.2 Å². The zero-order chi connectivity index (χ0) is 12.1. The van der Waals surface area contributed by atoms with E-state index in [-0.39, 0.29) is 0 Å². The molecule has 1 aromatic heterocycles. The number of nitriles is 1. The van der Waals surface area contributed by atoms with Gasteiger partial charge in [-0.25, -0.2) is 0 Å². The number of nitrogens with two attached hydrogens (primary N) is 1. The molecule has 2 N–H and O–H groups in total. The maximum absolute atomic E-state index is 8.75. The Morgan fingerprint density at radius 3 is 2.71 bits per heavy atom. The Labute approximate surface area is 100 Å². The van der Waals surface area contributed by atoms with Crippen LogP contribution in [-0.4, -0.2) is 9.78 Å². The second-order valence-corrected chi connectivity index (χ2v) is 3.89. The van der Waals surface area contributed by atoms with Gasteiger partial charge in [0.2, 0.25) is 0 Å². The molecule has 0 unspecified atom stereocenters. The smallest absolute Gasteiger partial charge is 0.163 e. The predicted molar refractivity (Wildman–Crippen MR) is 66.1 cm³/mol. The van der Waals surface area contributed by atoms with E-state index in [0.717, 1.165) is 19.4 Å². The van der Waals surface area contributed by atoms with E-state index in [4.69, 9.17) is 11.0 Å². The molecule has 0 bridgehead atoms. The van der Waals surface area contributed by atoms with Crippen molar-refractivity contribution in [2.75, 3.05) is 5.73 Å². The van der Waals surface area contributed by atoms with Crippen molar-refractivity contribution in [3.63, 3.8) is 0 Å². The molecule has 0 spiro atoms. The van der Waals surface area contributed by atoms with Crippen LogP contribution in [0, 0.1) is 11.3 Å². The number of aryl methyl sites for hydroxylation is 2. The molecule has 0 saturated heterocycles. The molecule has 0 radical (unpaired) electrons. The van der Waals surface area contributed by atoms with E-state index < -0.39 is 0 Å². The summed E-state index contributed by atoms with van der Waals surface area (Å²) >= 11 is 0. The summed E-state index contributed by atoms with van der Waals surface area (Å²) in [6, 6.07) is 12.3.